The molecule has 9 nitrogen and oxygen atoms in total. The van der Waals surface area contributed by atoms with Crippen LogP contribution in [0.15, 0.2) is 64.3 Å². The monoisotopic (exact) mass is 535 g/mol. The summed E-state index contributed by atoms with van der Waals surface area (Å²) in [5.74, 6) is -3.41. The Morgan fingerprint density at radius 3 is 2.63 bits per heavy atom. The molecule has 0 aliphatic heterocycles. The van der Waals surface area contributed by atoms with Crippen LogP contribution in [-0.4, -0.2) is 22.9 Å². The summed E-state index contributed by atoms with van der Waals surface area (Å²) in [7, 11) is -4.46. The Morgan fingerprint density at radius 1 is 1.06 bits per heavy atom. The Labute approximate surface area is 205 Å². The van der Waals surface area contributed by atoms with E-state index in [2.05, 4.69) is 14.5 Å². The van der Waals surface area contributed by atoms with Crippen molar-refractivity contribution < 1.29 is 26.5 Å². The molecule has 0 unspecified atom stereocenters. The molecule has 2 aromatic heterocycles. The maximum absolute atomic E-state index is 14.9. The van der Waals surface area contributed by atoms with Crippen molar-refractivity contribution in [2.24, 2.45) is 0 Å². The van der Waals surface area contributed by atoms with Gasteiger partial charge in [-0.15, -0.1) is 0 Å². The van der Waals surface area contributed by atoms with E-state index in [-0.39, 0.29) is 16.8 Å². The number of rotatable bonds is 6. The minimum Gasteiger partial charge on any atom is -0.454 e. The van der Waals surface area contributed by atoms with Gasteiger partial charge in [-0.3, -0.25) is 4.72 Å². The number of hydrogen-bond acceptors (Lipinski definition) is 9. The second kappa shape index (κ2) is 8.76. The summed E-state index contributed by atoms with van der Waals surface area (Å²) in [4.78, 5) is 2.75. The molecule has 3 N–H and O–H groups in total. The molecule has 3 aromatic carbocycles. The van der Waals surface area contributed by atoms with Gasteiger partial charge in [-0.2, -0.15) is 8.76 Å². The third kappa shape index (κ3) is 4.36. The summed E-state index contributed by atoms with van der Waals surface area (Å²) >= 11 is 6.90. The van der Waals surface area contributed by atoms with Crippen molar-refractivity contribution in [1.82, 2.24) is 14.5 Å². The summed E-state index contributed by atoms with van der Waals surface area (Å²) in [6.45, 7) is 0. The molecule has 2 heterocycles. The third-order valence-corrected chi connectivity index (χ3v) is 7.16. The highest BCUT2D eigenvalue weighted by molar-refractivity contribution is 7.93. The first-order valence-electron chi connectivity index (χ1n) is 9.63. The molecule has 0 fully saturated rings. The number of benzene rings is 3. The standard InChI is InChI=1S/C21H12ClF2N5O4S2/c22-11-2-4-15(12(8-11)10-1-3-14-13(7-10)20(25)33-28-14)32-16-5-6-17(19(24)18(16)23)35(30,31)29-21-26-9-27-34-21/h1-9H,25H2,(H,26,27,29). The predicted octanol–water partition coefficient (Wildman–Crippen LogP) is 5.45. The van der Waals surface area contributed by atoms with E-state index in [1.165, 1.54) is 12.1 Å². The first kappa shape index (κ1) is 23.0. The van der Waals surface area contributed by atoms with Gasteiger partial charge in [0.05, 0.1) is 5.39 Å². The van der Waals surface area contributed by atoms with Crippen LogP contribution in [0, 0.1) is 11.6 Å². The number of aromatic nitrogens is 3. The summed E-state index contributed by atoms with van der Waals surface area (Å²) in [6.07, 6.45) is 1.12. The highest BCUT2D eigenvalue weighted by atomic mass is 35.5. The number of sulfonamides is 1. The largest absolute Gasteiger partial charge is 0.454 e. The second-order valence-electron chi connectivity index (χ2n) is 7.06. The fraction of sp³-hybridized carbons (Fsp3) is 0. The van der Waals surface area contributed by atoms with Gasteiger partial charge in [0.15, 0.2) is 11.6 Å². The van der Waals surface area contributed by atoms with Crippen molar-refractivity contribution in [3.63, 3.8) is 0 Å². The number of ether oxygens (including phenoxy) is 1. The lowest BCUT2D eigenvalue weighted by Gasteiger charge is -2.14. The average Bonchev–Trinajstić information content (AvgIpc) is 3.47. The Bertz CT molecular complexity index is 1680. The lowest BCUT2D eigenvalue weighted by Crippen LogP contribution is -2.15. The molecule has 5 aromatic rings. The zero-order chi connectivity index (χ0) is 24.7. The zero-order valence-corrected chi connectivity index (χ0v) is 19.6. The van der Waals surface area contributed by atoms with Gasteiger partial charge in [0, 0.05) is 22.1 Å². The molecule has 35 heavy (non-hydrogen) atoms. The zero-order valence-electron chi connectivity index (χ0n) is 17.2. The number of halogens is 3. The quantitative estimate of drug-likeness (QED) is 0.293. The van der Waals surface area contributed by atoms with Crippen molar-refractivity contribution in [3.8, 4) is 22.6 Å². The molecule has 0 aliphatic carbocycles. The molecule has 0 bridgehead atoms. The molecule has 0 saturated heterocycles. The number of nitrogens with two attached hydrogens (primary N) is 1. The van der Waals surface area contributed by atoms with Crippen LogP contribution in [0.3, 0.4) is 0 Å². The topological polar surface area (TPSA) is 133 Å². The molecule has 0 spiro atoms. The van der Waals surface area contributed by atoms with E-state index in [4.69, 9.17) is 26.6 Å². The number of anilines is 2. The van der Waals surface area contributed by atoms with E-state index in [1.807, 2.05) is 4.72 Å². The van der Waals surface area contributed by atoms with Crippen LogP contribution >= 0.6 is 23.1 Å². The fourth-order valence-electron chi connectivity index (χ4n) is 3.25. The van der Waals surface area contributed by atoms with Crippen molar-refractivity contribution in [2.45, 2.75) is 4.90 Å². The van der Waals surface area contributed by atoms with Gasteiger partial charge in [-0.25, -0.2) is 17.8 Å². The van der Waals surface area contributed by atoms with Crippen LogP contribution in [0.2, 0.25) is 5.02 Å². The van der Waals surface area contributed by atoms with Gasteiger partial charge in [-0.1, -0.05) is 22.8 Å². The van der Waals surface area contributed by atoms with Gasteiger partial charge in [0.25, 0.3) is 10.0 Å². The van der Waals surface area contributed by atoms with E-state index >= 15 is 0 Å². The van der Waals surface area contributed by atoms with E-state index in [0.29, 0.717) is 27.1 Å². The van der Waals surface area contributed by atoms with E-state index in [9.17, 15) is 17.2 Å². The highest BCUT2D eigenvalue weighted by Crippen LogP contribution is 2.39. The molecule has 178 valence electrons. The summed E-state index contributed by atoms with van der Waals surface area (Å²) < 4.78 is 71.0. The molecule has 0 amide bonds. The normalized spacial score (nSPS) is 11.6. The predicted molar refractivity (Wildman–Crippen MR) is 126 cm³/mol. The van der Waals surface area contributed by atoms with Gasteiger partial charge in [-0.05, 0) is 48.0 Å². The van der Waals surface area contributed by atoms with Gasteiger partial charge >= 0.3 is 0 Å². The van der Waals surface area contributed by atoms with E-state index in [1.54, 1.807) is 24.3 Å². The van der Waals surface area contributed by atoms with Crippen LogP contribution in [-0.2, 0) is 10.0 Å². The maximum atomic E-state index is 14.9. The molecule has 5 rings (SSSR count). The lowest BCUT2D eigenvalue weighted by atomic mass is 10.0. The molecule has 14 heteroatoms. The smallest absolute Gasteiger partial charge is 0.266 e. The molecular weight excluding hydrogens is 524 g/mol. The molecule has 0 saturated carbocycles. The van der Waals surface area contributed by atoms with E-state index in [0.717, 1.165) is 30.0 Å². The minimum atomic E-state index is -4.46. The molecule has 0 aliphatic rings. The highest BCUT2D eigenvalue weighted by Gasteiger charge is 2.26. The number of fused-ring (bicyclic) bond motifs is 1. The van der Waals surface area contributed by atoms with Crippen LogP contribution in [0.25, 0.3) is 22.0 Å². The van der Waals surface area contributed by atoms with Crippen molar-refractivity contribution in [3.05, 3.63) is 71.5 Å². The summed E-state index contributed by atoms with van der Waals surface area (Å²) in [6, 6.07) is 11.5. The van der Waals surface area contributed by atoms with Crippen LogP contribution in [0.5, 0.6) is 11.5 Å². The first-order valence-corrected chi connectivity index (χ1v) is 12.3. The van der Waals surface area contributed by atoms with Crippen molar-refractivity contribution in [1.29, 1.82) is 0 Å². The fourth-order valence-corrected chi connectivity index (χ4v) is 5.16. The second-order valence-corrected chi connectivity index (χ2v) is 9.93. The summed E-state index contributed by atoms with van der Waals surface area (Å²) in [5.41, 5.74) is 7.36. The lowest BCUT2D eigenvalue weighted by molar-refractivity contribution is 0.409. The SMILES string of the molecule is Nc1onc2ccc(-c3cc(Cl)ccc3Oc3ccc(S(=O)(=O)Nc4ncns4)c(F)c3F)cc12. The van der Waals surface area contributed by atoms with Crippen molar-refractivity contribution >= 4 is 55.1 Å². The number of nitrogens with one attached hydrogen (secondary N) is 1. The molecule has 0 atom stereocenters. The van der Waals surface area contributed by atoms with E-state index < -0.39 is 32.3 Å². The van der Waals surface area contributed by atoms with Crippen LogP contribution in [0.1, 0.15) is 0 Å². The number of nitrogens with zero attached hydrogens (tertiary/aromatic N) is 3. The van der Waals surface area contributed by atoms with Gasteiger partial charge < -0.3 is 15.0 Å². The first-order chi connectivity index (χ1) is 16.7. The number of nitrogen functional groups attached to an aromatic ring is 1. The van der Waals surface area contributed by atoms with Gasteiger partial charge in [0.1, 0.15) is 22.5 Å². The molecule has 0 radical (unpaired) electrons. The summed E-state index contributed by atoms with van der Waals surface area (Å²) in [5, 5.41) is 4.63. The van der Waals surface area contributed by atoms with Gasteiger partial charge in [0.2, 0.25) is 16.8 Å². The maximum Gasteiger partial charge on any atom is 0.266 e. The molecular formula is C21H12ClF2N5O4S2. The Hall–Kier alpha value is -3.81. The van der Waals surface area contributed by atoms with Crippen molar-refractivity contribution in [2.75, 3.05) is 10.5 Å². The Morgan fingerprint density at radius 2 is 1.86 bits per heavy atom. The Balaban J connectivity index is 1.52. The third-order valence-electron chi connectivity index (χ3n) is 4.86. The number of hydrogen-bond donors (Lipinski definition) is 2. The minimum absolute atomic E-state index is 0.0960. The Kier molecular flexibility index (Phi) is 5.75. The van der Waals surface area contributed by atoms with Crippen LogP contribution < -0.4 is 15.2 Å². The average molecular weight is 536 g/mol. The van der Waals surface area contributed by atoms with Crippen LogP contribution in [0.4, 0.5) is 19.8 Å².